The molecular weight excluding hydrogens is 244 g/mol. The molecule has 2 aromatic rings. The summed E-state index contributed by atoms with van der Waals surface area (Å²) in [5.41, 5.74) is 4.39. The molecule has 0 bridgehead atoms. The number of fused-ring (bicyclic) bond motifs is 3. The molecular formula is C18H12N2. The van der Waals surface area contributed by atoms with Crippen molar-refractivity contribution in [2.45, 2.75) is 0 Å². The average molecular weight is 256 g/mol. The van der Waals surface area contributed by atoms with Crippen LogP contribution in [0.15, 0.2) is 76.5 Å². The molecule has 0 amide bonds. The van der Waals surface area contributed by atoms with Crippen molar-refractivity contribution in [2.24, 2.45) is 9.98 Å². The molecule has 0 saturated carbocycles. The van der Waals surface area contributed by atoms with E-state index in [1.54, 1.807) is 0 Å². The van der Waals surface area contributed by atoms with Crippen LogP contribution in [0.2, 0.25) is 0 Å². The van der Waals surface area contributed by atoms with Crippen LogP contribution in [-0.4, -0.2) is 6.21 Å². The minimum absolute atomic E-state index is 1.00. The van der Waals surface area contributed by atoms with Crippen LogP contribution in [-0.2, 0) is 0 Å². The third kappa shape index (κ3) is 1.74. The van der Waals surface area contributed by atoms with E-state index < -0.39 is 0 Å². The molecule has 2 heterocycles. The highest BCUT2D eigenvalue weighted by Gasteiger charge is 2.11. The van der Waals surface area contributed by atoms with Crippen LogP contribution in [0.4, 0.5) is 0 Å². The van der Waals surface area contributed by atoms with Gasteiger partial charge >= 0.3 is 0 Å². The number of hydrogen-bond acceptors (Lipinski definition) is 2. The van der Waals surface area contributed by atoms with Crippen molar-refractivity contribution in [3.05, 3.63) is 88.2 Å². The first-order chi connectivity index (χ1) is 9.92. The van der Waals surface area contributed by atoms with Crippen LogP contribution in [0.1, 0.15) is 11.1 Å². The summed E-state index contributed by atoms with van der Waals surface area (Å²) < 4.78 is 0. The second-order valence-corrected chi connectivity index (χ2v) is 4.80. The van der Waals surface area contributed by atoms with Crippen molar-refractivity contribution in [3.8, 4) is 0 Å². The number of allylic oxidation sites excluding steroid dienone is 1. The molecule has 0 N–H and O–H groups in total. The Morgan fingerprint density at radius 3 is 2.55 bits per heavy atom. The number of nitrogens with zero attached hydrogens (tertiary/aromatic N) is 2. The normalized spacial score (nSPS) is 21.0. The lowest BCUT2D eigenvalue weighted by Crippen LogP contribution is -2.21. The predicted molar refractivity (Wildman–Crippen MR) is 81.8 cm³/mol. The van der Waals surface area contributed by atoms with Crippen molar-refractivity contribution in [1.29, 1.82) is 0 Å². The van der Waals surface area contributed by atoms with Gasteiger partial charge in [0.15, 0.2) is 0 Å². The van der Waals surface area contributed by atoms with Crippen molar-refractivity contribution >= 4 is 17.9 Å². The zero-order valence-corrected chi connectivity index (χ0v) is 10.8. The largest absolute Gasteiger partial charge is 0.264 e. The third-order valence-electron chi connectivity index (χ3n) is 3.54. The van der Waals surface area contributed by atoms with Crippen molar-refractivity contribution in [1.82, 2.24) is 0 Å². The lowest BCUT2D eigenvalue weighted by atomic mass is 10.0. The second-order valence-electron chi connectivity index (χ2n) is 4.80. The summed E-state index contributed by atoms with van der Waals surface area (Å²) in [6.07, 6.45) is 7.88. The fraction of sp³-hybridized carbons (Fsp3) is 0. The Morgan fingerprint density at radius 2 is 1.60 bits per heavy atom. The van der Waals surface area contributed by atoms with E-state index in [2.05, 4.69) is 29.3 Å². The van der Waals surface area contributed by atoms with E-state index >= 15 is 0 Å². The highest BCUT2D eigenvalue weighted by atomic mass is 14.8. The zero-order valence-electron chi connectivity index (χ0n) is 10.8. The van der Waals surface area contributed by atoms with Gasteiger partial charge in [-0.2, -0.15) is 0 Å². The van der Waals surface area contributed by atoms with Gasteiger partial charge in [-0.3, -0.25) is 4.99 Å². The first kappa shape index (κ1) is 11.1. The molecule has 0 aromatic heterocycles. The molecule has 94 valence electrons. The summed E-state index contributed by atoms with van der Waals surface area (Å²) in [4.78, 5) is 9.10. The minimum Gasteiger partial charge on any atom is -0.264 e. The lowest BCUT2D eigenvalue weighted by Gasteiger charge is -2.01. The van der Waals surface area contributed by atoms with Crippen LogP contribution in [0.5, 0.6) is 0 Å². The van der Waals surface area contributed by atoms with Crippen LogP contribution in [0.3, 0.4) is 0 Å². The van der Waals surface area contributed by atoms with E-state index in [4.69, 9.17) is 4.99 Å². The molecule has 2 aliphatic heterocycles. The zero-order chi connectivity index (χ0) is 13.4. The van der Waals surface area contributed by atoms with Gasteiger partial charge in [-0.25, -0.2) is 4.99 Å². The molecule has 0 aliphatic carbocycles. The summed E-state index contributed by atoms with van der Waals surface area (Å²) in [7, 11) is 0. The lowest BCUT2D eigenvalue weighted by molar-refractivity contribution is 1.33. The molecule has 20 heavy (non-hydrogen) atoms. The van der Waals surface area contributed by atoms with Gasteiger partial charge in [0.1, 0.15) is 0 Å². The van der Waals surface area contributed by atoms with Crippen LogP contribution >= 0.6 is 0 Å². The molecule has 2 heteroatoms. The molecule has 0 unspecified atom stereocenters. The van der Waals surface area contributed by atoms with Crippen LogP contribution in [0.25, 0.3) is 11.6 Å². The van der Waals surface area contributed by atoms with E-state index in [1.165, 1.54) is 5.22 Å². The van der Waals surface area contributed by atoms with Gasteiger partial charge in [0, 0.05) is 28.8 Å². The van der Waals surface area contributed by atoms with E-state index in [0.29, 0.717) is 0 Å². The molecule has 0 atom stereocenters. The van der Waals surface area contributed by atoms with E-state index in [9.17, 15) is 0 Å². The highest BCUT2D eigenvalue weighted by molar-refractivity contribution is 5.90. The summed E-state index contributed by atoms with van der Waals surface area (Å²) in [6, 6.07) is 16.4. The number of aliphatic imine (C=N–C) groups is 1. The van der Waals surface area contributed by atoms with Crippen LogP contribution < -0.4 is 10.6 Å². The van der Waals surface area contributed by atoms with Gasteiger partial charge in [0.2, 0.25) is 0 Å². The predicted octanol–water partition coefficient (Wildman–Crippen LogP) is 2.46. The number of rotatable bonds is 0. The Hall–Kier alpha value is -2.74. The molecule has 0 radical (unpaired) electrons. The number of hydrogen-bond donors (Lipinski definition) is 0. The summed E-state index contributed by atoms with van der Waals surface area (Å²) in [5, 5.41) is 2.20. The maximum atomic E-state index is 4.73. The molecule has 0 saturated heterocycles. The Balaban J connectivity index is 2.06. The Morgan fingerprint density at radius 1 is 0.800 bits per heavy atom. The first-order valence-electron chi connectivity index (χ1n) is 6.61. The smallest absolute Gasteiger partial charge is 0.0723 e. The van der Waals surface area contributed by atoms with Gasteiger partial charge in [0.25, 0.3) is 0 Å². The number of para-hydroxylation sites is 1. The topological polar surface area (TPSA) is 24.7 Å². The van der Waals surface area contributed by atoms with Gasteiger partial charge in [-0.05, 0) is 23.8 Å². The SMILES string of the molecule is C1=C\C2=c3ccccc3=N/C2=C/c2ccccc2\C=N/1. The van der Waals surface area contributed by atoms with Crippen molar-refractivity contribution < 1.29 is 0 Å². The third-order valence-corrected chi connectivity index (χ3v) is 3.54. The Kier molecular flexibility index (Phi) is 2.46. The van der Waals surface area contributed by atoms with Gasteiger partial charge in [-0.1, -0.05) is 42.5 Å². The summed E-state index contributed by atoms with van der Waals surface area (Å²) in [6.45, 7) is 0. The monoisotopic (exact) mass is 256 g/mol. The molecule has 0 spiro atoms. The summed E-state index contributed by atoms with van der Waals surface area (Å²) >= 11 is 0. The van der Waals surface area contributed by atoms with E-state index in [-0.39, 0.29) is 0 Å². The maximum absolute atomic E-state index is 4.73. The Labute approximate surface area is 116 Å². The highest BCUT2D eigenvalue weighted by Crippen LogP contribution is 2.21. The van der Waals surface area contributed by atoms with E-state index in [1.807, 2.05) is 48.8 Å². The maximum Gasteiger partial charge on any atom is 0.0723 e. The van der Waals surface area contributed by atoms with E-state index in [0.717, 1.165) is 27.8 Å². The van der Waals surface area contributed by atoms with Gasteiger partial charge < -0.3 is 0 Å². The standard InChI is InChI=1S/C18H12N2/c1-2-6-14-12-19-10-9-16-15-7-3-4-8-17(15)20-18(16)11-13(14)5-1/h1-12H/b10-9-,13-11?,14-12?,16-9?,18-11+,19-10?,19-12-. The van der Waals surface area contributed by atoms with Crippen molar-refractivity contribution in [2.75, 3.05) is 0 Å². The Bertz CT molecular complexity index is 899. The minimum atomic E-state index is 1.00. The molecule has 2 aromatic carbocycles. The van der Waals surface area contributed by atoms with Crippen molar-refractivity contribution in [3.63, 3.8) is 0 Å². The summed E-state index contributed by atoms with van der Waals surface area (Å²) in [5.74, 6) is 0. The molecule has 4 rings (SSSR count). The molecule has 2 nitrogen and oxygen atoms in total. The fourth-order valence-corrected chi connectivity index (χ4v) is 2.56. The van der Waals surface area contributed by atoms with Gasteiger partial charge in [0.05, 0.1) is 11.1 Å². The van der Waals surface area contributed by atoms with Crippen LogP contribution in [0, 0.1) is 0 Å². The first-order valence-corrected chi connectivity index (χ1v) is 6.61. The average Bonchev–Trinajstić information content (AvgIpc) is 2.85. The second kappa shape index (κ2) is 4.42. The molecule has 2 aliphatic rings. The quantitative estimate of drug-likeness (QED) is 0.692. The number of benzene rings is 2. The molecule has 0 fully saturated rings. The fourth-order valence-electron chi connectivity index (χ4n) is 2.56. The van der Waals surface area contributed by atoms with Gasteiger partial charge in [-0.15, -0.1) is 0 Å².